The summed E-state index contributed by atoms with van der Waals surface area (Å²) >= 11 is 0. The molecule has 0 bridgehead atoms. The van der Waals surface area contributed by atoms with Crippen molar-refractivity contribution in [1.82, 2.24) is 30.0 Å². The molecule has 4 aromatic heterocycles. The molecule has 5 rings (SSSR count). The van der Waals surface area contributed by atoms with Crippen LogP contribution in [0, 0.1) is 6.92 Å². The van der Waals surface area contributed by atoms with Gasteiger partial charge in [0, 0.05) is 23.0 Å². The maximum absolute atomic E-state index is 13.0. The lowest BCUT2D eigenvalue weighted by Crippen LogP contribution is -2.08. The molecule has 0 aliphatic heterocycles. The zero-order chi connectivity index (χ0) is 21.6. The van der Waals surface area contributed by atoms with Crippen LogP contribution in [-0.2, 0) is 12.8 Å². The van der Waals surface area contributed by atoms with Gasteiger partial charge < -0.3 is 9.26 Å². The van der Waals surface area contributed by atoms with Crippen LogP contribution in [0.3, 0.4) is 0 Å². The summed E-state index contributed by atoms with van der Waals surface area (Å²) in [7, 11) is 0. The summed E-state index contributed by atoms with van der Waals surface area (Å²) in [6.45, 7) is 1.55. The predicted octanol–water partition coefficient (Wildman–Crippen LogP) is 4.23. The van der Waals surface area contributed by atoms with Crippen molar-refractivity contribution in [2.45, 2.75) is 19.7 Å². The normalized spacial score (nSPS) is 12.0. The van der Waals surface area contributed by atoms with Gasteiger partial charge in [-0.25, -0.2) is 0 Å². The zero-order valence-electron chi connectivity index (χ0n) is 16.0. The number of nitrogens with zero attached hydrogens (tertiary/aromatic N) is 6. The smallest absolute Gasteiger partial charge is 0.416 e. The number of aryl methyl sites for hydroxylation is 1. The lowest BCUT2D eigenvalue weighted by molar-refractivity contribution is -0.137. The highest BCUT2D eigenvalue weighted by molar-refractivity contribution is 5.96. The van der Waals surface area contributed by atoms with Gasteiger partial charge in [-0.3, -0.25) is 4.98 Å². The Balaban J connectivity index is 1.58. The highest BCUT2D eigenvalue weighted by Gasteiger charge is 2.30. The van der Waals surface area contributed by atoms with Gasteiger partial charge in [0.25, 0.3) is 0 Å². The Hall–Kier alpha value is -4.02. The van der Waals surface area contributed by atoms with Crippen LogP contribution in [0.15, 0.2) is 53.2 Å². The van der Waals surface area contributed by atoms with E-state index in [1.807, 2.05) is 12.1 Å². The second kappa shape index (κ2) is 7.04. The number of hydrogen-bond acceptors (Lipinski definition) is 7. The van der Waals surface area contributed by atoms with Crippen LogP contribution in [0.25, 0.3) is 27.9 Å². The minimum absolute atomic E-state index is 0.122. The molecule has 11 heteroatoms. The molecule has 0 amide bonds. The van der Waals surface area contributed by atoms with E-state index in [1.165, 1.54) is 4.52 Å². The van der Waals surface area contributed by atoms with Gasteiger partial charge in [0.05, 0.1) is 11.3 Å². The third-order valence-electron chi connectivity index (χ3n) is 4.59. The van der Waals surface area contributed by atoms with E-state index in [0.29, 0.717) is 33.7 Å². The van der Waals surface area contributed by atoms with Gasteiger partial charge in [0.15, 0.2) is 11.3 Å². The summed E-state index contributed by atoms with van der Waals surface area (Å²) in [5.74, 6) is 1.14. The lowest BCUT2D eigenvalue weighted by atomic mass is 10.2. The van der Waals surface area contributed by atoms with Crippen LogP contribution in [0.5, 0.6) is 5.88 Å². The fourth-order valence-corrected chi connectivity index (χ4v) is 3.17. The van der Waals surface area contributed by atoms with E-state index < -0.39 is 11.7 Å². The highest BCUT2D eigenvalue weighted by atomic mass is 19.4. The number of ether oxygens (including phenoxy) is 1. The number of pyridine rings is 1. The number of alkyl halides is 3. The molecule has 0 spiro atoms. The molecule has 1 aromatic carbocycles. The molecule has 0 aliphatic carbocycles. The molecule has 0 atom stereocenters. The molecule has 8 nitrogen and oxygen atoms in total. The molecule has 156 valence electrons. The number of aromatic nitrogens is 6. The SMILES string of the molecule is Cc1cc(-c2nnc3c4ccccc4c(OCc4cc(C(F)(F)F)ccn4)nn23)no1. The lowest BCUT2D eigenvalue weighted by Gasteiger charge is -2.11. The maximum Gasteiger partial charge on any atom is 0.416 e. The second-order valence-corrected chi connectivity index (χ2v) is 6.75. The second-order valence-electron chi connectivity index (χ2n) is 6.75. The third kappa shape index (κ3) is 3.43. The molecule has 0 saturated heterocycles. The molecule has 0 fully saturated rings. The molecule has 0 saturated carbocycles. The quantitative estimate of drug-likeness (QED) is 0.425. The van der Waals surface area contributed by atoms with Crippen LogP contribution in [0.2, 0.25) is 0 Å². The van der Waals surface area contributed by atoms with Crippen LogP contribution >= 0.6 is 0 Å². The summed E-state index contributed by atoms with van der Waals surface area (Å²) in [6, 6.07) is 10.8. The first-order valence-electron chi connectivity index (χ1n) is 9.13. The monoisotopic (exact) mass is 426 g/mol. The predicted molar refractivity (Wildman–Crippen MR) is 102 cm³/mol. The first-order chi connectivity index (χ1) is 14.9. The van der Waals surface area contributed by atoms with Crippen LogP contribution in [-0.4, -0.2) is 30.0 Å². The Bertz CT molecular complexity index is 1410. The molecular formula is C20H13F3N6O2. The minimum atomic E-state index is -4.46. The van der Waals surface area contributed by atoms with E-state index in [1.54, 1.807) is 25.1 Å². The van der Waals surface area contributed by atoms with E-state index in [0.717, 1.165) is 18.3 Å². The van der Waals surface area contributed by atoms with Crippen molar-refractivity contribution in [1.29, 1.82) is 0 Å². The Kier molecular flexibility index (Phi) is 4.31. The molecule has 5 aromatic rings. The molecule has 0 unspecified atom stereocenters. The Labute approximate surface area is 172 Å². The highest BCUT2D eigenvalue weighted by Crippen LogP contribution is 2.31. The fraction of sp³-hybridized carbons (Fsp3) is 0.150. The van der Waals surface area contributed by atoms with Crippen molar-refractivity contribution in [3.63, 3.8) is 0 Å². The van der Waals surface area contributed by atoms with Gasteiger partial charge >= 0.3 is 6.18 Å². The topological polar surface area (TPSA) is 91.2 Å². The number of rotatable bonds is 4. The molecular weight excluding hydrogens is 413 g/mol. The Morgan fingerprint density at radius 1 is 1.06 bits per heavy atom. The number of benzene rings is 1. The largest absolute Gasteiger partial charge is 0.470 e. The van der Waals surface area contributed by atoms with Gasteiger partial charge in [0.2, 0.25) is 11.7 Å². The van der Waals surface area contributed by atoms with Crippen LogP contribution < -0.4 is 4.74 Å². The molecule has 0 radical (unpaired) electrons. The fourth-order valence-electron chi connectivity index (χ4n) is 3.17. The Morgan fingerprint density at radius 2 is 1.87 bits per heavy atom. The molecule has 4 heterocycles. The average Bonchev–Trinajstić information content (AvgIpc) is 3.37. The van der Waals surface area contributed by atoms with Gasteiger partial charge in [-0.2, -0.15) is 17.7 Å². The van der Waals surface area contributed by atoms with Crippen molar-refractivity contribution >= 4 is 16.4 Å². The van der Waals surface area contributed by atoms with E-state index in [2.05, 4.69) is 25.4 Å². The number of fused-ring (bicyclic) bond motifs is 3. The molecule has 0 aliphatic rings. The summed E-state index contributed by atoms with van der Waals surface area (Å²) in [5, 5.41) is 18.1. The summed E-state index contributed by atoms with van der Waals surface area (Å²) in [5.41, 5.74) is 0.253. The van der Waals surface area contributed by atoms with Gasteiger partial charge in [-0.05, 0) is 25.1 Å². The van der Waals surface area contributed by atoms with Crippen molar-refractivity contribution in [2.24, 2.45) is 0 Å². The summed E-state index contributed by atoms with van der Waals surface area (Å²) in [4.78, 5) is 3.96. The van der Waals surface area contributed by atoms with Crippen molar-refractivity contribution < 1.29 is 22.4 Å². The van der Waals surface area contributed by atoms with Crippen LogP contribution in [0.1, 0.15) is 17.0 Å². The first kappa shape index (κ1) is 19.0. The van der Waals surface area contributed by atoms with Gasteiger partial charge in [-0.1, -0.05) is 23.4 Å². The van der Waals surface area contributed by atoms with E-state index in [4.69, 9.17) is 9.26 Å². The van der Waals surface area contributed by atoms with Crippen LogP contribution in [0.4, 0.5) is 13.2 Å². The van der Waals surface area contributed by atoms with Gasteiger partial charge in [-0.15, -0.1) is 15.3 Å². The first-order valence-corrected chi connectivity index (χ1v) is 9.13. The zero-order valence-corrected chi connectivity index (χ0v) is 16.0. The standard InChI is InChI=1S/C20H13F3N6O2/c1-11-8-16(28-31-11)18-26-25-17-14-4-2-3-5-15(14)19(27-29(17)18)30-10-13-9-12(6-7-24-13)20(21,22)23/h2-9H,10H2,1H3. The maximum atomic E-state index is 13.0. The summed E-state index contributed by atoms with van der Waals surface area (Å²) < 4.78 is 51.3. The molecule has 0 N–H and O–H groups in total. The number of hydrogen-bond donors (Lipinski definition) is 0. The van der Waals surface area contributed by atoms with Crippen molar-refractivity contribution in [2.75, 3.05) is 0 Å². The van der Waals surface area contributed by atoms with E-state index in [-0.39, 0.29) is 18.2 Å². The Morgan fingerprint density at radius 3 is 2.61 bits per heavy atom. The summed E-state index contributed by atoms with van der Waals surface area (Å²) in [6.07, 6.45) is -3.37. The van der Waals surface area contributed by atoms with Crippen molar-refractivity contribution in [3.8, 4) is 17.4 Å². The van der Waals surface area contributed by atoms with E-state index >= 15 is 0 Å². The average molecular weight is 426 g/mol. The van der Waals surface area contributed by atoms with Gasteiger partial charge in [0.1, 0.15) is 12.4 Å². The third-order valence-corrected chi connectivity index (χ3v) is 4.59. The minimum Gasteiger partial charge on any atom is -0.470 e. The molecule has 31 heavy (non-hydrogen) atoms. The van der Waals surface area contributed by atoms with E-state index in [9.17, 15) is 13.2 Å². The van der Waals surface area contributed by atoms with Crippen molar-refractivity contribution in [3.05, 3.63) is 65.7 Å². The number of halogens is 3.